The third kappa shape index (κ3) is 7.51. The van der Waals surface area contributed by atoms with Crippen molar-refractivity contribution in [3.05, 3.63) is 11.9 Å². The standard InChI is InChI=1S/C6H10N2.BF4/c1-5-4-8(3)6(2)7-5;2-1(3,4)5/h4H,1-3H3;/q;-1/p+1. The summed E-state index contributed by atoms with van der Waals surface area (Å²) in [5.74, 6) is 1.16. The summed E-state index contributed by atoms with van der Waals surface area (Å²) in [5, 5.41) is 0. The topological polar surface area (TPSA) is 16.8 Å². The van der Waals surface area contributed by atoms with Crippen LogP contribution < -0.4 is 4.90 Å². The molecule has 0 aromatic rings. The van der Waals surface area contributed by atoms with Crippen molar-refractivity contribution in [1.82, 2.24) is 0 Å². The lowest BCUT2D eigenvalue weighted by Crippen LogP contribution is -3.05. The highest BCUT2D eigenvalue weighted by Crippen LogP contribution is 2.06. The largest absolute Gasteiger partial charge is 0.673 e. The van der Waals surface area contributed by atoms with Crippen molar-refractivity contribution in [2.24, 2.45) is 4.99 Å². The van der Waals surface area contributed by atoms with E-state index in [2.05, 4.69) is 18.2 Å². The summed E-state index contributed by atoms with van der Waals surface area (Å²) < 4.78 is 39.0. The summed E-state index contributed by atoms with van der Waals surface area (Å²) in [6, 6.07) is 0. The number of allylic oxidation sites excluding steroid dienone is 1. The van der Waals surface area contributed by atoms with Crippen LogP contribution in [0.15, 0.2) is 16.9 Å². The summed E-state index contributed by atoms with van der Waals surface area (Å²) in [6.45, 7) is 4.04. The molecule has 0 aliphatic carbocycles. The number of quaternary nitrogens is 1. The summed E-state index contributed by atoms with van der Waals surface area (Å²) in [6.07, 6.45) is 2.09. The van der Waals surface area contributed by atoms with Crippen LogP contribution in [0.5, 0.6) is 0 Å². The Balaban J connectivity index is 0.000000252. The Morgan fingerprint density at radius 1 is 1.23 bits per heavy atom. The van der Waals surface area contributed by atoms with Crippen LogP contribution in [0.25, 0.3) is 0 Å². The first-order chi connectivity index (χ1) is 5.70. The molecule has 1 N–H and O–H groups in total. The van der Waals surface area contributed by atoms with Crippen molar-refractivity contribution in [2.75, 3.05) is 7.05 Å². The number of nitrogens with one attached hydrogen (secondary N) is 1. The minimum atomic E-state index is -6.00. The molecule has 0 fully saturated rings. The van der Waals surface area contributed by atoms with Gasteiger partial charge in [-0.2, -0.15) is 0 Å². The van der Waals surface area contributed by atoms with Gasteiger partial charge < -0.3 is 17.3 Å². The Labute approximate surface area is 74.0 Å². The Kier molecular flexibility index (Phi) is 4.12. The summed E-state index contributed by atoms with van der Waals surface area (Å²) >= 11 is 0. The second-order valence-electron chi connectivity index (χ2n) is 2.66. The van der Waals surface area contributed by atoms with Crippen LogP contribution in [-0.2, 0) is 0 Å². The molecule has 1 unspecified atom stereocenters. The Morgan fingerprint density at radius 3 is 1.69 bits per heavy atom. The molecule has 2 nitrogen and oxygen atoms in total. The number of rotatable bonds is 0. The molecule has 1 rings (SSSR count). The maximum atomic E-state index is 9.75. The summed E-state index contributed by atoms with van der Waals surface area (Å²) in [5.41, 5.74) is 1.13. The van der Waals surface area contributed by atoms with Gasteiger partial charge in [-0.15, -0.1) is 0 Å². The van der Waals surface area contributed by atoms with Gasteiger partial charge in [0, 0.05) is 6.92 Å². The van der Waals surface area contributed by atoms with E-state index in [1.807, 2.05) is 13.8 Å². The van der Waals surface area contributed by atoms with Crippen LogP contribution in [-0.4, -0.2) is 20.1 Å². The van der Waals surface area contributed by atoms with Gasteiger partial charge in [-0.3, -0.25) is 4.90 Å². The average Bonchev–Trinajstić information content (AvgIpc) is 2.05. The molecule has 0 saturated heterocycles. The number of nitrogens with zero attached hydrogens (tertiary/aromatic N) is 1. The van der Waals surface area contributed by atoms with E-state index in [-0.39, 0.29) is 0 Å². The van der Waals surface area contributed by atoms with Gasteiger partial charge in [0.15, 0.2) is 0 Å². The number of halogens is 4. The maximum Gasteiger partial charge on any atom is 0.673 e. The molecule has 0 saturated carbocycles. The maximum absolute atomic E-state index is 9.75. The highest BCUT2D eigenvalue weighted by Gasteiger charge is 2.20. The number of aliphatic imine (C=N–C) groups is 1. The second kappa shape index (κ2) is 4.41. The lowest BCUT2D eigenvalue weighted by atomic mass is 10.3. The van der Waals surface area contributed by atoms with E-state index in [1.54, 1.807) is 0 Å². The van der Waals surface area contributed by atoms with Crippen LogP contribution in [0, 0.1) is 0 Å². The minimum Gasteiger partial charge on any atom is -0.418 e. The van der Waals surface area contributed by atoms with Gasteiger partial charge in [-0.1, -0.05) is 0 Å². The van der Waals surface area contributed by atoms with E-state index >= 15 is 0 Å². The Bertz CT molecular complexity index is 227. The first-order valence-corrected chi connectivity index (χ1v) is 3.65. The van der Waals surface area contributed by atoms with Crippen molar-refractivity contribution in [1.29, 1.82) is 0 Å². The minimum absolute atomic E-state index is 1.13. The highest BCUT2D eigenvalue weighted by molar-refractivity contribution is 6.50. The lowest BCUT2D eigenvalue weighted by Gasteiger charge is -1.96. The van der Waals surface area contributed by atoms with Crippen LogP contribution in [0.3, 0.4) is 0 Å². The second-order valence-corrected chi connectivity index (χ2v) is 2.66. The number of amidine groups is 1. The molecule has 0 amide bonds. The van der Waals surface area contributed by atoms with E-state index < -0.39 is 7.25 Å². The van der Waals surface area contributed by atoms with E-state index in [9.17, 15) is 17.3 Å². The van der Waals surface area contributed by atoms with Crippen LogP contribution in [0.2, 0.25) is 0 Å². The third-order valence-corrected chi connectivity index (χ3v) is 1.34. The third-order valence-electron chi connectivity index (χ3n) is 1.34. The predicted molar refractivity (Wildman–Crippen MR) is 43.9 cm³/mol. The fourth-order valence-corrected chi connectivity index (χ4v) is 0.803. The molecule has 0 spiro atoms. The van der Waals surface area contributed by atoms with Gasteiger partial charge >= 0.3 is 7.25 Å². The molecular weight excluding hydrogens is 187 g/mol. The Morgan fingerprint density at radius 2 is 1.62 bits per heavy atom. The first-order valence-electron chi connectivity index (χ1n) is 3.65. The predicted octanol–water partition coefficient (Wildman–Crippen LogP) is 1.09. The highest BCUT2D eigenvalue weighted by atomic mass is 19.5. The molecular formula is C6H11BF4N2. The van der Waals surface area contributed by atoms with Crippen molar-refractivity contribution in [2.45, 2.75) is 13.8 Å². The molecule has 1 aliphatic heterocycles. The van der Waals surface area contributed by atoms with Crippen molar-refractivity contribution < 1.29 is 22.2 Å². The SMILES string of the molecule is CC1=C[NH+](C)C(C)=N1.F[B-](F)(F)F. The van der Waals surface area contributed by atoms with Gasteiger partial charge in [0.05, 0.1) is 12.7 Å². The van der Waals surface area contributed by atoms with Gasteiger partial charge in [0.1, 0.15) is 6.20 Å². The molecule has 1 atom stereocenters. The first kappa shape index (κ1) is 12.2. The molecule has 0 aromatic heterocycles. The molecule has 0 radical (unpaired) electrons. The zero-order chi connectivity index (χ0) is 10.6. The fraction of sp³-hybridized carbons (Fsp3) is 0.500. The smallest absolute Gasteiger partial charge is 0.418 e. The number of hydrogen-bond acceptors (Lipinski definition) is 1. The average molecular weight is 198 g/mol. The molecule has 13 heavy (non-hydrogen) atoms. The number of hydrogen-bond donors (Lipinski definition) is 1. The quantitative estimate of drug-likeness (QED) is 0.443. The molecule has 1 heterocycles. The van der Waals surface area contributed by atoms with E-state index in [0.29, 0.717) is 0 Å². The van der Waals surface area contributed by atoms with Crippen molar-refractivity contribution in [3.8, 4) is 0 Å². The summed E-state index contributed by atoms with van der Waals surface area (Å²) in [7, 11) is -3.92. The van der Waals surface area contributed by atoms with E-state index in [0.717, 1.165) is 11.5 Å². The van der Waals surface area contributed by atoms with E-state index in [4.69, 9.17) is 0 Å². The van der Waals surface area contributed by atoms with Crippen LogP contribution in [0.4, 0.5) is 17.3 Å². The van der Waals surface area contributed by atoms with Gasteiger partial charge in [0.2, 0.25) is 5.84 Å². The van der Waals surface area contributed by atoms with Crippen molar-refractivity contribution >= 4 is 13.1 Å². The zero-order valence-electron chi connectivity index (χ0n) is 7.61. The van der Waals surface area contributed by atoms with Crippen LogP contribution in [0.1, 0.15) is 13.8 Å². The molecule has 0 bridgehead atoms. The van der Waals surface area contributed by atoms with Gasteiger partial charge in [0.25, 0.3) is 0 Å². The monoisotopic (exact) mass is 198 g/mol. The summed E-state index contributed by atoms with van der Waals surface area (Å²) in [4.78, 5) is 5.50. The molecule has 1 aliphatic rings. The molecule has 0 aromatic carbocycles. The van der Waals surface area contributed by atoms with Gasteiger partial charge in [-0.25, -0.2) is 4.99 Å². The van der Waals surface area contributed by atoms with Crippen molar-refractivity contribution in [3.63, 3.8) is 0 Å². The normalized spacial score (nSPS) is 21.6. The lowest BCUT2D eigenvalue weighted by molar-refractivity contribution is -0.719. The molecule has 76 valence electrons. The zero-order valence-corrected chi connectivity index (χ0v) is 7.61. The Hall–Kier alpha value is -0.845. The van der Waals surface area contributed by atoms with E-state index in [1.165, 1.54) is 4.90 Å². The van der Waals surface area contributed by atoms with Crippen LogP contribution >= 0.6 is 0 Å². The molecule has 7 heteroatoms. The fourth-order valence-electron chi connectivity index (χ4n) is 0.803. The van der Waals surface area contributed by atoms with Gasteiger partial charge in [-0.05, 0) is 6.92 Å².